The fourth-order valence-corrected chi connectivity index (χ4v) is 2.80. The summed E-state index contributed by atoms with van der Waals surface area (Å²) in [4.78, 5) is 24.9. The maximum atomic E-state index is 12.5. The van der Waals surface area contributed by atoms with Gasteiger partial charge in [0.1, 0.15) is 18.6 Å². The average Bonchev–Trinajstić information content (AvgIpc) is 3.13. The van der Waals surface area contributed by atoms with Gasteiger partial charge in [-0.15, -0.1) is 15.3 Å². The average molecular weight is 460 g/mol. The fraction of sp³-hybridized carbons (Fsp3) is 0.412. The monoisotopic (exact) mass is 459 g/mol. The van der Waals surface area contributed by atoms with Crippen molar-refractivity contribution in [3.8, 4) is 5.75 Å². The molecule has 3 heterocycles. The first kappa shape index (κ1) is 22.5. The Balaban J connectivity index is 1.80. The Kier molecular flexibility index (Phi) is 6.43. The number of carbonyl (C=O) groups excluding carboxylic acids is 1. The van der Waals surface area contributed by atoms with Crippen LogP contribution in [0.2, 0.25) is 5.02 Å². The minimum Gasteiger partial charge on any atom is -0.489 e. The van der Waals surface area contributed by atoms with Crippen LogP contribution in [0.25, 0.3) is 5.65 Å². The van der Waals surface area contributed by atoms with Crippen LogP contribution in [0.4, 0.5) is 19.0 Å². The van der Waals surface area contributed by atoms with Crippen LogP contribution in [0.3, 0.4) is 0 Å². The molecule has 0 aliphatic heterocycles. The Hall–Kier alpha value is -3.22. The summed E-state index contributed by atoms with van der Waals surface area (Å²) >= 11 is 6.05. The predicted molar refractivity (Wildman–Crippen MR) is 103 cm³/mol. The zero-order valence-corrected chi connectivity index (χ0v) is 17.1. The maximum absolute atomic E-state index is 12.5. The number of hydrogen-bond donors (Lipinski definition) is 1. The second-order valence-electron chi connectivity index (χ2n) is 6.76. The number of anilines is 1. The highest BCUT2D eigenvalue weighted by Gasteiger charge is 2.28. The van der Waals surface area contributed by atoms with E-state index >= 15 is 0 Å². The van der Waals surface area contributed by atoms with Gasteiger partial charge in [-0.3, -0.25) is 9.59 Å². The Morgan fingerprint density at radius 2 is 2.03 bits per heavy atom. The van der Waals surface area contributed by atoms with Crippen LogP contribution in [0, 0.1) is 0 Å². The molecule has 0 fully saturated rings. The third kappa shape index (κ3) is 5.48. The number of ether oxygens (including phenoxy) is 1. The van der Waals surface area contributed by atoms with E-state index in [1.807, 2.05) is 0 Å². The summed E-state index contributed by atoms with van der Waals surface area (Å²) in [6, 6.07) is 3.09. The topological polar surface area (TPSA) is 116 Å². The SMILES string of the molecule is CC(C)c1nn(CC(=O)Nc2ccc3nncn3n2)c(=O)c(Cl)c1OCCC(F)(F)F. The smallest absolute Gasteiger partial charge is 0.392 e. The lowest BCUT2D eigenvalue weighted by molar-refractivity contribution is -0.139. The Bertz CT molecular complexity index is 1160. The zero-order valence-electron chi connectivity index (χ0n) is 16.4. The molecule has 31 heavy (non-hydrogen) atoms. The van der Waals surface area contributed by atoms with Gasteiger partial charge in [-0.25, -0.2) is 4.68 Å². The molecule has 0 spiro atoms. The second-order valence-corrected chi connectivity index (χ2v) is 7.14. The molecule has 166 valence electrons. The molecule has 3 aromatic rings. The molecule has 0 saturated carbocycles. The summed E-state index contributed by atoms with van der Waals surface area (Å²) < 4.78 is 44.5. The second kappa shape index (κ2) is 8.88. The lowest BCUT2D eigenvalue weighted by atomic mass is 10.1. The first-order chi connectivity index (χ1) is 14.5. The summed E-state index contributed by atoms with van der Waals surface area (Å²) in [7, 11) is 0. The van der Waals surface area contributed by atoms with Crippen molar-refractivity contribution in [1.82, 2.24) is 29.6 Å². The van der Waals surface area contributed by atoms with Crippen LogP contribution in [0.15, 0.2) is 23.3 Å². The van der Waals surface area contributed by atoms with Gasteiger partial charge in [0.2, 0.25) is 5.91 Å². The highest BCUT2D eigenvalue weighted by molar-refractivity contribution is 6.31. The van der Waals surface area contributed by atoms with E-state index in [0.717, 1.165) is 4.68 Å². The van der Waals surface area contributed by atoms with Gasteiger partial charge in [0.05, 0.1) is 13.0 Å². The number of fused-ring (bicyclic) bond motifs is 1. The quantitative estimate of drug-likeness (QED) is 0.576. The molecule has 3 rings (SSSR count). The van der Waals surface area contributed by atoms with E-state index < -0.39 is 42.2 Å². The summed E-state index contributed by atoms with van der Waals surface area (Å²) in [5, 5.41) is 17.7. The molecule has 0 unspecified atom stereocenters. The van der Waals surface area contributed by atoms with Gasteiger partial charge in [-0.1, -0.05) is 25.4 Å². The Morgan fingerprint density at radius 3 is 2.71 bits per heavy atom. The van der Waals surface area contributed by atoms with E-state index in [0.29, 0.717) is 5.65 Å². The van der Waals surface area contributed by atoms with Gasteiger partial charge in [-0.05, 0) is 12.1 Å². The van der Waals surface area contributed by atoms with E-state index in [1.54, 1.807) is 19.9 Å². The number of amides is 1. The standard InChI is InChI=1S/C17H17ClF3N7O3/c1-9(2)14-15(31-6-5-17(19,20)21)13(18)16(30)27(26-14)7-12(29)23-10-3-4-11-24-22-8-28(11)25-10/h3-4,8-9H,5-7H2,1-2H3,(H,23,25,29). The number of rotatable bonds is 7. The number of nitrogens with one attached hydrogen (secondary N) is 1. The highest BCUT2D eigenvalue weighted by Crippen LogP contribution is 2.30. The first-order valence-corrected chi connectivity index (χ1v) is 9.40. The maximum Gasteiger partial charge on any atom is 0.392 e. The van der Waals surface area contributed by atoms with Crippen LogP contribution >= 0.6 is 11.6 Å². The van der Waals surface area contributed by atoms with Crippen molar-refractivity contribution < 1.29 is 22.7 Å². The van der Waals surface area contributed by atoms with Crippen molar-refractivity contribution in [2.75, 3.05) is 11.9 Å². The van der Waals surface area contributed by atoms with Crippen molar-refractivity contribution in [3.05, 3.63) is 39.5 Å². The van der Waals surface area contributed by atoms with Gasteiger partial charge >= 0.3 is 6.18 Å². The summed E-state index contributed by atoms with van der Waals surface area (Å²) in [6.07, 6.45) is -4.28. The highest BCUT2D eigenvalue weighted by atomic mass is 35.5. The number of nitrogens with zero attached hydrogens (tertiary/aromatic N) is 6. The van der Waals surface area contributed by atoms with Gasteiger partial charge in [0.25, 0.3) is 5.56 Å². The lowest BCUT2D eigenvalue weighted by Gasteiger charge is -2.17. The van der Waals surface area contributed by atoms with Crippen molar-refractivity contribution in [3.63, 3.8) is 0 Å². The van der Waals surface area contributed by atoms with Crippen molar-refractivity contribution >= 4 is 29.0 Å². The molecule has 0 radical (unpaired) electrons. The number of halogens is 4. The summed E-state index contributed by atoms with van der Waals surface area (Å²) in [6.45, 7) is 2.18. The van der Waals surface area contributed by atoms with Crippen LogP contribution in [-0.2, 0) is 11.3 Å². The molecule has 10 nitrogen and oxygen atoms in total. The minimum atomic E-state index is -4.42. The molecule has 3 aromatic heterocycles. The Morgan fingerprint density at radius 1 is 1.29 bits per heavy atom. The van der Waals surface area contributed by atoms with Crippen molar-refractivity contribution in [1.29, 1.82) is 0 Å². The molecule has 0 saturated heterocycles. The first-order valence-electron chi connectivity index (χ1n) is 9.02. The molecule has 0 atom stereocenters. The molecule has 1 N–H and O–H groups in total. The molecule has 0 aliphatic rings. The fourth-order valence-electron chi connectivity index (χ4n) is 2.55. The van der Waals surface area contributed by atoms with Crippen LogP contribution < -0.4 is 15.6 Å². The van der Waals surface area contributed by atoms with Gasteiger partial charge in [0.15, 0.2) is 22.2 Å². The van der Waals surface area contributed by atoms with Crippen LogP contribution in [0.1, 0.15) is 31.9 Å². The minimum absolute atomic E-state index is 0.156. The van der Waals surface area contributed by atoms with E-state index in [2.05, 4.69) is 25.7 Å². The molecular weight excluding hydrogens is 443 g/mol. The zero-order chi connectivity index (χ0) is 22.8. The summed E-state index contributed by atoms with van der Waals surface area (Å²) in [5.41, 5.74) is -0.237. The van der Waals surface area contributed by atoms with Crippen LogP contribution in [0.5, 0.6) is 5.75 Å². The molecule has 0 aromatic carbocycles. The summed E-state index contributed by atoms with van der Waals surface area (Å²) in [5.74, 6) is -0.993. The van der Waals surface area contributed by atoms with Crippen LogP contribution in [-0.4, -0.2) is 48.3 Å². The molecule has 0 bridgehead atoms. The van der Waals surface area contributed by atoms with E-state index in [-0.39, 0.29) is 23.2 Å². The van der Waals surface area contributed by atoms with Crippen molar-refractivity contribution in [2.24, 2.45) is 0 Å². The predicted octanol–water partition coefficient (Wildman–Crippen LogP) is 2.43. The number of hydrogen-bond acceptors (Lipinski definition) is 7. The number of alkyl halides is 3. The van der Waals surface area contributed by atoms with E-state index in [4.69, 9.17) is 16.3 Å². The third-order valence-corrected chi connectivity index (χ3v) is 4.32. The number of aromatic nitrogens is 6. The van der Waals surface area contributed by atoms with Crippen molar-refractivity contribution in [2.45, 2.75) is 38.9 Å². The molecular formula is C17H17ClF3N7O3. The normalized spacial score (nSPS) is 11.8. The largest absolute Gasteiger partial charge is 0.489 e. The van der Waals surface area contributed by atoms with Gasteiger partial charge in [0, 0.05) is 5.92 Å². The van der Waals surface area contributed by atoms with Gasteiger partial charge < -0.3 is 10.1 Å². The third-order valence-electron chi connectivity index (χ3n) is 3.98. The molecule has 0 aliphatic carbocycles. The lowest BCUT2D eigenvalue weighted by Crippen LogP contribution is -2.32. The van der Waals surface area contributed by atoms with E-state index in [9.17, 15) is 22.8 Å². The van der Waals surface area contributed by atoms with Gasteiger partial charge in [-0.2, -0.15) is 22.8 Å². The van der Waals surface area contributed by atoms with E-state index in [1.165, 1.54) is 16.9 Å². The number of carbonyl (C=O) groups is 1. The molecule has 14 heteroatoms. The Labute approximate surface area is 178 Å². The molecule has 1 amide bonds.